The van der Waals surface area contributed by atoms with E-state index in [4.69, 9.17) is 4.74 Å². The lowest BCUT2D eigenvalue weighted by Crippen LogP contribution is -2.36. The van der Waals surface area contributed by atoms with Gasteiger partial charge in [0.05, 0.1) is 6.10 Å². The van der Waals surface area contributed by atoms with Crippen molar-refractivity contribution in [2.75, 3.05) is 25.2 Å². The monoisotopic (exact) mass is 269 g/mol. The Morgan fingerprint density at radius 1 is 1.44 bits per heavy atom. The predicted molar refractivity (Wildman–Crippen MR) is 74.5 cm³/mol. The number of rotatable bonds is 5. The van der Waals surface area contributed by atoms with E-state index in [0.717, 1.165) is 12.1 Å². The highest BCUT2D eigenvalue weighted by molar-refractivity contribution is 7.99. The first-order valence-electron chi connectivity index (χ1n) is 6.39. The fraction of sp³-hybridized carbons (Fsp3) is 0.571. The topological polar surface area (TPSA) is 21.3 Å². The van der Waals surface area contributed by atoms with E-state index >= 15 is 0 Å². The van der Waals surface area contributed by atoms with Crippen molar-refractivity contribution in [1.29, 1.82) is 0 Å². The van der Waals surface area contributed by atoms with Crippen LogP contribution in [0.15, 0.2) is 24.3 Å². The van der Waals surface area contributed by atoms with Gasteiger partial charge in [-0.1, -0.05) is 12.1 Å². The molecule has 0 saturated carbocycles. The summed E-state index contributed by atoms with van der Waals surface area (Å²) in [4.78, 5) is 0. The first-order chi connectivity index (χ1) is 8.79. The van der Waals surface area contributed by atoms with Crippen molar-refractivity contribution < 1.29 is 9.13 Å². The molecule has 1 fully saturated rings. The van der Waals surface area contributed by atoms with Gasteiger partial charge in [-0.25, -0.2) is 4.39 Å². The van der Waals surface area contributed by atoms with Crippen LogP contribution in [0.1, 0.15) is 24.5 Å². The van der Waals surface area contributed by atoms with Gasteiger partial charge in [0.1, 0.15) is 5.82 Å². The minimum atomic E-state index is -0.203. The number of benzene rings is 1. The molecule has 1 aliphatic rings. The molecule has 18 heavy (non-hydrogen) atoms. The van der Waals surface area contributed by atoms with Crippen molar-refractivity contribution in [2.45, 2.75) is 25.0 Å². The van der Waals surface area contributed by atoms with Gasteiger partial charge in [-0.3, -0.25) is 0 Å². The number of ether oxygens (including phenoxy) is 1. The number of methoxy groups -OCH3 is 1. The van der Waals surface area contributed by atoms with E-state index < -0.39 is 0 Å². The van der Waals surface area contributed by atoms with Crippen LogP contribution in [-0.2, 0) is 4.74 Å². The summed E-state index contributed by atoms with van der Waals surface area (Å²) in [6, 6.07) is 7.14. The van der Waals surface area contributed by atoms with E-state index in [0.29, 0.717) is 6.04 Å². The van der Waals surface area contributed by atoms with Gasteiger partial charge in [0.15, 0.2) is 0 Å². The van der Waals surface area contributed by atoms with E-state index in [-0.39, 0.29) is 11.9 Å². The van der Waals surface area contributed by atoms with E-state index in [9.17, 15) is 4.39 Å². The van der Waals surface area contributed by atoms with Crippen molar-refractivity contribution in [2.24, 2.45) is 0 Å². The fourth-order valence-corrected chi connectivity index (χ4v) is 3.30. The highest BCUT2D eigenvalue weighted by Gasteiger charge is 2.16. The van der Waals surface area contributed by atoms with Gasteiger partial charge in [-0.15, -0.1) is 0 Å². The van der Waals surface area contributed by atoms with Gasteiger partial charge in [0.2, 0.25) is 0 Å². The van der Waals surface area contributed by atoms with Crippen LogP contribution in [0.5, 0.6) is 0 Å². The van der Waals surface area contributed by atoms with Crippen LogP contribution >= 0.6 is 11.8 Å². The van der Waals surface area contributed by atoms with Gasteiger partial charge in [-0.2, -0.15) is 11.8 Å². The first kappa shape index (κ1) is 13.8. The zero-order valence-corrected chi connectivity index (χ0v) is 11.5. The zero-order valence-electron chi connectivity index (χ0n) is 10.7. The molecule has 2 atom stereocenters. The van der Waals surface area contributed by atoms with Crippen LogP contribution in [0.25, 0.3) is 0 Å². The summed E-state index contributed by atoms with van der Waals surface area (Å²) < 4.78 is 18.3. The van der Waals surface area contributed by atoms with Crippen molar-refractivity contribution >= 4 is 11.8 Å². The molecule has 1 aromatic rings. The summed E-state index contributed by atoms with van der Waals surface area (Å²) in [7, 11) is 1.70. The molecule has 0 bridgehead atoms. The SMILES string of the molecule is CO[C@H](CN[C@@H]1CCCSC1)c1ccc(F)cc1. The second-order valence-corrected chi connectivity index (χ2v) is 5.75. The molecule has 0 unspecified atom stereocenters. The second kappa shape index (κ2) is 7.12. The molecule has 1 saturated heterocycles. The Morgan fingerprint density at radius 3 is 2.83 bits per heavy atom. The zero-order chi connectivity index (χ0) is 12.8. The Labute approximate surface area is 112 Å². The van der Waals surface area contributed by atoms with Crippen LogP contribution in [0, 0.1) is 5.82 Å². The van der Waals surface area contributed by atoms with Crippen LogP contribution in [0.2, 0.25) is 0 Å². The molecular weight excluding hydrogens is 249 g/mol. The maximum atomic E-state index is 12.9. The summed E-state index contributed by atoms with van der Waals surface area (Å²) in [5.41, 5.74) is 1.02. The summed E-state index contributed by atoms with van der Waals surface area (Å²) >= 11 is 2.01. The Balaban J connectivity index is 1.86. The lowest BCUT2D eigenvalue weighted by atomic mass is 10.1. The van der Waals surface area contributed by atoms with E-state index in [1.807, 2.05) is 11.8 Å². The predicted octanol–water partition coefficient (Wildman–Crippen LogP) is 3.00. The Hall–Kier alpha value is -0.580. The molecule has 1 aliphatic heterocycles. The van der Waals surface area contributed by atoms with Crippen LogP contribution < -0.4 is 5.32 Å². The van der Waals surface area contributed by atoms with Crippen LogP contribution in [-0.4, -0.2) is 31.2 Å². The molecule has 2 nitrogen and oxygen atoms in total. The Morgan fingerprint density at radius 2 is 2.22 bits per heavy atom. The molecule has 0 radical (unpaired) electrons. The highest BCUT2D eigenvalue weighted by Crippen LogP contribution is 2.19. The number of halogens is 1. The Bertz CT molecular complexity index is 351. The van der Waals surface area contributed by atoms with Crippen LogP contribution in [0.3, 0.4) is 0 Å². The van der Waals surface area contributed by atoms with Crippen molar-refractivity contribution in [1.82, 2.24) is 5.32 Å². The molecule has 2 rings (SSSR count). The van der Waals surface area contributed by atoms with Gasteiger partial charge in [0, 0.05) is 25.4 Å². The molecule has 0 spiro atoms. The average Bonchev–Trinajstić information content (AvgIpc) is 2.42. The lowest BCUT2D eigenvalue weighted by Gasteiger charge is -2.25. The maximum Gasteiger partial charge on any atom is 0.123 e. The summed E-state index contributed by atoms with van der Waals surface area (Å²) in [5.74, 6) is 2.26. The average molecular weight is 269 g/mol. The third-order valence-electron chi connectivity index (χ3n) is 3.28. The van der Waals surface area contributed by atoms with Gasteiger partial charge >= 0.3 is 0 Å². The minimum Gasteiger partial charge on any atom is -0.375 e. The van der Waals surface area contributed by atoms with E-state index in [2.05, 4.69) is 5.32 Å². The molecule has 0 aliphatic carbocycles. The van der Waals surface area contributed by atoms with E-state index in [1.165, 1.54) is 36.5 Å². The van der Waals surface area contributed by atoms with Gasteiger partial charge in [-0.05, 0) is 36.3 Å². The smallest absolute Gasteiger partial charge is 0.123 e. The summed E-state index contributed by atoms with van der Waals surface area (Å²) in [6.07, 6.45) is 2.53. The molecule has 100 valence electrons. The largest absolute Gasteiger partial charge is 0.375 e. The van der Waals surface area contributed by atoms with Gasteiger partial charge < -0.3 is 10.1 Å². The molecule has 0 aromatic heterocycles. The summed E-state index contributed by atoms with van der Waals surface area (Å²) in [6.45, 7) is 0.785. The first-order valence-corrected chi connectivity index (χ1v) is 7.54. The standard InChI is InChI=1S/C14H20FNOS/c1-17-14(11-4-6-12(15)7-5-11)9-16-13-3-2-8-18-10-13/h4-7,13-14,16H,2-3,8-10H2,1H3/t13-,14-/m1/s1. The highest BCUT2D eigenvalue weighted by atomic mass is 32.2. The lowest BCUT2D eigenvalue weighted by molar-refractivity contribution is 0.0996. The summed E-state index contributed by atoms with van der Waals surface area (Å²) in [5, 5.41) is 3.55. The van der Waals surface area contributed by atoms with Gasteiger partial charge in [0.25, 0.3) is 0 Å². The molecular formula is C14H20FNOS. The van der Waals surface area contributed by atoms with Crippen molar-refractivity contribution in [3.05, 3.63) is 35.6 Å². The second-order valence-electron chi connectivity index (χ2n) is 4.60. The maximum absolute atomic E-state index is 12.9. The third-order valence-corrected chi connectivity index (χ3v) is 4.49. The number of thioether (sulfide) groups is 1. The minimum absolute atomic E-state index is 0.00229. The molecule has 0 amide bonds. The molecule has 1 heterocycles. The number of hydrogen-bond donors (Lipinski definition) is 1. The third kappa shape index (κ3) is 3.97. The normalized spacial score (nSPS) is 21.8. The molecule has 1 N–H and O–H groups in total. The Kier molecular flexibility index (Phi) is 5.47. The number of hydrogen-bond acceptors (Lipinski definition) is 3. The quantitative estimate of drug-likeness (QED) is 0.888. The van der Waals surface area contributed by atoms with Crippen molar-refractivity contribution in [3.63, 3.8) is 0 Å². The fourth-order valence-electron chi connectivity index (χ4n) is 2.19. The molecule has 1 aromatic carbocycles. The van der Waals surface area contributed by atoms with Crippen molar-refractivity contribution in [3.8, 4) is 0 Å². The van der Waals surface area contributed by atoms with Crippen LogP contribution in [0.4, 0.5) is 4.39 Å². The molecule has 4 heteroatoms. The number of nitrogens with one attached hydrogen (secondary N) is 1. The van der Waals surface area contributed by atoms with E-state index in [1.54, 1.807) is 19.2 Å².